The largest absolute Gasteiger partial charge is 0.393 e. The van der Waals surface area contributed by atoms with E-state index in [0.29, 0.717) is 12.3 Å². The average molecular weight is 162 g/mol. The molecule has 0 spiro atoms. The van der Waals surface area contributed by atoms with Crippen molar-refractivity contribution in [3.8, 4) is 0 Å². The third-order valence-electron chi connectivity index (χ3n) is 2.13. The Hall–Kier alpha value is -0.150. The zero-order valence-electron chi connectivity index (χ0n) is 6.63. The summed E-state index contributed by atoms with van der Waals surface area (Å²) < 4.78 is 17.8. The minimum atomic E-state index is -1.03. The van der Waals surface area contributed by atoms with E-state index in [9.17, 15) is 4.39 Å². The van der Waals surface area contributed by atoms with Gasteiger partial charge in [-0.2, -0.15) is 0 Å². The molecule has 0 aromatic rings. The Kier molecular flexibility index (Phi) is 3.80. The third-order valence-corrected chi connectivity index (χ3v) is 2.13. The quantitative estimate of drug-likeness (QED) is 0.674. The van der Waals surface area contributed by atoms with Gasteiger partial charge in [0.2, 0.25) is 0 Å². The molecule has 3 heteroatoms. The Morgan fingerprint density at radius 3 is 2.64 bits per heavy atom. The van der Waals surface area contributed by atoms with Crippen LogP contribution in [-0.4, -0.2) is 31.1 Å². The van der Waals surface area contributed by atoms with E-state index in [1.54, 1.807) is 0 Å². The van der Waals surface area contributed by atoms with E-state index < -0.39 is 6.17 Å². The van der Waals surface area contributed by atoms with Gasteiger partial charge < -0.3 is 9.84 Å². The first-order chi connectivity index (χ1) is 5.33. The number of halogens is 1. The van der Waals surface area contributed by atoms with E-state index in [1.165, 1.54) is 0 Å². The lowest BCUT2D eigenvalue weighted by atomic mass is 9.94. The van der Waals surface area contributed by atoms with Crippen LogP contribution in [0, 0.1) is 5.92 Å². The van der Waals surface area contributed by atoms with Crippen LogP contribution < -0.4 is 0 Å². The summed E-state index contributed by atoms with van der Waals surface area (Å²) in [6, 6.07) is 0. The van der Waals surface area contributed by atoms with Gasteiger partial charge in [-0.3, -0.25) is 0 Å². The van der Waals surface area contributed by atoms with Gasteiger partial charge in [-0.25, -0.2) is 4.39 Å². The smallest absolute Gasteiger partial charge is 0.123 e. The maximum atomic E-state index is 12.6. The Labute approximate surface area is 66.4 Å². The lowest BCUT2D eigenvalue weighted by Gasteiger charge is -2.22. The molecule has 66 valence electrons. The first kappa shape index (κ1) is 8.94. The van der Waals surface area contributed by atoms with E-state index >= 15 is 0 Å². The fourth-order valence-electron chi connectivity index (χ4n) is 1.42. The Morgan fingerprint density at radius 1 is 1.45 bits per heavy atom. The highest BCUT2D eigenvalue weighted by molar-refractivity contribution is 4.67. The van der Waals surface area contributed by atoms with Crippen molar-refractivity contribution in [1.29, 1.82) is 0 Å². The molecule has 1 unspecified atom stereocenters. The number of rotatable bonds is 3. The molecule has 0 saturated carbocycles. The minimum absolute atomic E-state index is 0.336. The van der Waals surface area contributed by atoms with E-state index in [-0.39, 0.29) is 6.61 Å². The van der Waals surface area contributed by atoms with E-state index in [0.717, 1.165) is 26.1 Å². The number of alkyl halides is 1. The predicted octanol–water partition coefficient (Wildman–Crippen LogP) is 1.13. The molecule has 1 rings (SSSR count). The van der Waals surface area contributed by atoms with Crippen LogP contribution in [-0.2, 0) is 4.74 Å². The molecule has 1 aliphatic heterocycles. The second kappa shape index (κ2) is 4.67. The maximum absolute atomic E-state index is 12.6. The topological polar surface area (TPSA) is 29.5 Å². The van der Waals surface area contributed by atoms with Crippen molar-refractivity contribution >= 4 is 0 Å². The van der Waals surface area contributed by atoms with Crippen LogP contribution in [0.2, 0.25) is 0 Å². The molecule has 1 aliphatic rings. The SMILES string of the molecule is OCC(F)CC1CCOCC1. The number of hydrogen-bond acceptors (Lipinski definition) is 2. The summed E-state index contributed by atoms with van der Waals surface area (Å²) >= 11 is 0. The van der Waals surface area contributed by atoms with Crippen LogP contribution in [0.15, 0.2) is 0 Å². The monoisotopic (exact) mass is 162 g/mol. The van der Waals surface area contributed by atoms with Crippen LogP contribution in [0.4, 0.5) is 4.39 Å². The first-order valence-corrected chi connectivity index (χ1v) is 4.15. The Balaban J connectivity index is 2.13. The Morgan fingerprint density at radius 2 is 2.09 bits per heavy atom. The van der Waals surface area contributed by atoms with Gasteiger partial charge in [0, 0.05) is 13.2 Å². The Bertz CT molecular complexity index is 102. The van der Waals surface area contributed by atoms with Crippen LogP contribution in [0.1, 0.15) is 19.3 Å². The highest BCUT2D eigenvalue weighted by atomic mass is 19.1. The summed E-state index contributed by atoms with van der Waals surface area (Å²) in [5.41, 5.74) is 0. The van der Waals surface area contributed by atoms with Gasteiger partial charge in [-0.05, 0) is 25.2 Å². The molecule has 0 radical (unpaired) electrons. The van der Waals surface area contributed by atoms with Crippen molar-refractivity contribution in [2.24, 2.45) is 5.92 Å². The van der Waals surface area contributed by atoms with Crippen molar-refractivity contribution in [2.45, 2.75) is 25.4 Å². The van der Waals surface area contributed by atoms with Crippen molar-refractivity contribution in [2.75, 3.05) is 19.8 Å². The van der Waals surface area contributed by atoms with Crippen LogP contribution in [0.25, 0.3) is 0 Å². The second-order valence-electron chi connectivity index (χ2n) is 3.07. The van der Waals surface area contributed by atoms with Gasteiger partial charge in [0.25, 0.3) is 0 Å². The lowest BCUT2D eigenvalue weighted by molar-refractivity contribution is 0.0489. The van der Waals surface area contributed by atoms with Gasteiger partial charge in [0.05, 0.1) is 6.61 Å². The van der Waals surface area contributed by atoms with Gasteiger partial charge in [0.1, 0.15) is 6.17 Å². The molecule has 1 atom stereocenters. The van der Waals surface area contributed by atoms with Crippen LogP contribution in [0.5, 0.6) is 0 Å². The average Bonchev–Trinajstić information content (AvgIpc) is 2.06. The molecule has 0 aliphatic carbocycles. The molecule has 1 N–H and O–H groups in total. The zero-order chi connectivity index (χ0) is 8.10. The van der Waals surface area contributed by atoms with Crippen molar-refractivity contribution in [3.63, 3.8) is 0 Å². The van der Waals surface area contributed by atoms with Crippen LogP contribution in [0.3, 0.4) is 0 Å². The van der Waals surface area contributed by atoms with Gasteiger partial charge >= 0.3 is 0 Å². The predicted molar refractivity (Wildman–Crippen MR) is 40.1 cm³/mol. The molecule has 0 amide bonds. The normalized spacial score (nSPS) is 23.5. The highest BCUT2D eigenvalue weighted by Crippen LogP contribution is 2.20. The van der Waals surface area contributed by atoms with Crippen LogP contribution >= 0.6 is 0 Å². The molecular formula is C8H15FO2. The van der Waals surface area contributed by atoms with Crippen molar-refractivity contribution < 1.29 is 14.2 Å². The molecule has 1 fully saturated rings. The molecular weight excluding hydrogens is 147 g/mol. The summed E-state index contributed by atoms with van der Waals surface area (Å²) in [5.74, 6) is 0.422. The van der Waals surface area contributed by atoms with E-state index in [1.807, 2.05) is 0 Å². The molecule has 2 nitrogen and oxygen atoms in total. The number of ether oxygens (including phenoxy) is 1. The maximum Gasteiger partial charge on any atom is 0.123 e. The molecule has 0 aromatic heterocycles. The minimum Gasteiger partial charge on any atom is -0.393 e. The van der Waals surface area contributed by atoms with Gasteiger partial charge in [-0.15, -0.1) is 0 Å². The summed E-state index contributed by atoms with van der Waals surface area (Å²) in [7, 11) is 0. The summed E-state index contributed by atoms with van der Waals surface area (Å²) in [4.78, 5) is 0. The number of aliphatic hydroxyl groups excluding tert-OH is 1. The third kappa shape index (κ3) is 3.16. The summed E-state index contributed by atoms with van der Waals surface area (Å²) in [5, 5.41) is 8.46. The highest BCUT2D eigenvalue weighted by Gasteiger charge is 2.17. The van der Waals surface area contributed by atoms with E-state index in [2.05, 4.69) is 0 Å². The number of aliphatic hydroxyl groups is 1. The lowest BCUT2D eigenvalue weighted by Crippen LogP contribution is -2.20. The second-order valence-corrected chi connectivity index (χ2v) is 3.07. The van der Waals surface area contributed by atoms with E-state index in [4.69, 9.17) is 9.84 Å². The van der Waals surface area contributed by atoms with Gasteiger partial charge in [0.15, 0.2) is 0 Å². The van der Waals surface area contributed by atoms with Gasteiger partial charge in [-0.1, -0.05) is 0 Å². The molecule has 0 aromatic carbocycles. The molecule has 11 heavy (non-hydrogen) atoms. The summed E-state index contributed by atoms with van der Waals surface area (Å²) in [6.45, 7) is 1.17. The standard InChI is InChI=1S/C8H15FO2/c9-8(6-10)5-7-1-3-11-4-2-7/h7-8,10H,1-6H2. The fraction of sp³-hybridized carbons (Fsp3) is 1.00. The van der Waals surface area contributed by atoms with Crippen molar-refractivity contribution in [3.05, 3.63) is 0 Å². The molecule has 1 saturated heterocycles. The zero-order valence-corrected chi connectivity index (χ0v) is 6.63. The number of hydrogen-bond donors (Lipinski definition) is 1. The fourth-order valence-corrected chi connectivity index (χ4v) is 1.42. The van der Waals surface area contributed by atoms with Crippen molar-refractivity contribution in [1.82, 2.24) is 0 Å². The molecule has 1 heterocycles. The summed E-state index contributed by atoms with van der Waals surface area (Å²) in [6.07, 6.45) is 1.36. The first-order valence-electron chi connectivity index (χ1n) is 4.15. The molecule has 0 bridgehead atoms.